The van der Waals surface area contributed by atoms with Crippen molar-refractivity contribution in [2.24, 2.45) is 0 Å². The number of hydrogen-bond donors (Lipinski definition) is 2. The van der Waals surface area contributed by atoms with E-state index in [0.717, 1.165) is 16.7 Å². The molecule has 0 bridgehead atoms. The smallest absolute Gasteiger partial charge is 0.240 e. The number of nitrogens with one attached hydrogen (secondary N) is 2. The SMILES string of the molecule is COc1ccc(OC)c([C@@H](C)NC(=O)CCNS(=O)(=O)c2ccc(C)c(C)c2)c1. The van der Waals surface area contributed by atoms with Crippen molar-refractivity contribution in [2.45, 2.75) is 38.1 Å². The topological polar surface area (TPSA) is 93.7 Å². The highest BCUT2D eigenvalue weighted by molar-refractivity contribution is 7.89. The molecule has 1 atom stereocenters. The van der Waals surface area contributed by atoms with Gasteiger partial charge in [0.05, 0.1) is 25.2 Å². The summed E-state index contributed by atoms with van der Waals surface area (Å²) in [6.07, 6.45) is 0.0146. The molecule has 0 aromatic heterocycles. The molecule has 0 spiro atoms. The van der Waals surface area contributed by atoms with Crippen LogP contribution in [0.25, 0.3) is 0 Å². The largest absolute Gasteiger partial charge is 0.497 e. The molecule has 2 rings (SSSR count). The van der Waals surface area contributed by atoms with Crippen LogP contribution in [0.15, 0.2) is 41.3 Å². The van der Waals surface area contributed by atoms with E-state index in [4.69, 9.17) is 9.47 Å². The predicted octanol–water partition coefficient (Wildman–Crippen LogP) is 2.87. The number of benzene rings is 2. The van der Waals surface area contributed by atoms with E-state index in [1.54, 1.807) is 50.6 Å². The number of hydrogen-bond acceptors (Lipinski definition) is 5. The monoisotopic (exact) mass is 420 g/mol. The molecule has 0 radical (unpaired) electrons. The van der Waals surface area contributed by atoms with Gasteiger partial charge in [0.25, 0.3) is 0 Å². The number of aryl methyl sites for hydroxylation is 2. The molecule has 0 saturated heterocycles. The molecule has 0 aliphatic carbocycles. The summed E-state index contributed by atoms with van der Waals surface area (Å²) in [5.41, 5.74) is 2.69. The Morgan fingerprint density at radius 2 is 1.76 bits per heavy atom. The highest BCUT2D eigenvalue weighted by atomic mass is 32.2. The van der Waals surface area contributed by atoms with Gasteiger partial charge in [-0.05, 0) is 62.2 Å². The van der Waals surface area contributed by atoms with Gasteiger partial charge < -0.3 is 14.8 Å². The molecule has 2 aromatic rings. The summed E-state index contributed by atoms with van der Waals surface area (Å²) in [7, 11) is -0.539. The normalized spacial score (nSPS) is 12.3. The van der Waals surface area contributed by atoms with Gasteiger partial charge in [0.1, 0.15) is 11.5 Å². The van der Waals surface area contributed by atoms with E-state index < -0.39 is 10.0 Å². The number of carbonyl (C=O) groups is 1. The molecule has 0 aliphatic rings. The zero-order chi connectivity index (χ0) is 21.6. The minimum Gasteiger partial charge on any atom is -0.497 e. The van der Waals surface area contributed by atoms with Crippen LogP contribution in [0, 0.1) is 13.8 Å². The second-order valence-electron chi connectivity index (χ2n) is 6.79. The fourth-order valence-electron chi connectivity index (χ4n) is 2.83. The fraction of sp³-hybridized carbons (Fsp3) is 0.381. The van der Waals surface area contributed by atoms with Crippen molar-refractivity contribution in [1.29, 1.82) is 0 Å². The van der Waals surface area contributed by atoms with Crippen molar-refractivity contribution in [3.05, 3.63) is 53.1 Å². The lowest BCUT2D eigenvalue weighted by atomic mass is 10.1. The highest BCUT2D eigenvalue weighted by Gasteiger charge is 2.17. The van der Waals surface area contributed by atoms with Crippen molar-refractivity contribution in [2.75, 3.05) is 20.8 Å². The van der Waals surface area contributed by atoms with Crippen LogP contribution in [0.1, 0.15) is 36.1 Å². The molecule has 0 unspecified atom stereocenters. The zero-order valence-corrected chi connectivity index (χ0v) is 18.2. The maximum absolute atomic E-state index is 12.4. The lowest BCUT2D eigenvalue weighted by Gasteiger charge is -2.18. The number of rotatable bonds is 9. The third-order valence-electron chi connectivity index (χ3n) is 4.71. The first-order valence-electron chi connectivity index (χ1n) is 9.26. The maximum atomic E-state index is 12.4. The molecule has 0 saturated carbocycles. The van der Waals surface area contributed by atoms with Crippen molar-refractivity contribution in [3.63, 3.8) is 0 Å². The molecule has 0 heterocycles. The summed E-state index contributed by atoms with van der Waals surface area (Å²) in [5, 5.41) is 2.86. The van der Waals surface area contributed by atoms with E-state index >= 15 is 0 Å². The van der Waals surface area contributed by atoms with Crippen LogP contribution in [0.4, 0.5) is 0 Å². The van der Waals surface area contributed by atoms with E-state index in [-0.39, 0.29) is 29.8 Å². The molecule has 0 aliphatic heterocycles. The van der Waals surface area contributed by atoms with E-state index in [9.17, 15) is 13.2 Å². The third-order valence-corrected chi connectivity index (χ3v) is 6.17. The van der Waals surface area contributed by atoms with E-state index in [1.165, 1.54) is 0 Å². The van der Waals surface area contributed by atoms with Crippen molar-refractivity contribution >= 4 is 15.9 Å². The third kappa shape index (κ3) is 5.95. The first-order valence-corrected chi connectivity index (χ1v) is 10.7. The number of amides is 1. The molecule has 2 aromatic carbocycles. The van der Waals surface area contributed by atoms with Gasteiger partial charge in [-0.2, -0.15) is 0 Å². The molecule has 7 nitrogen and oxygen atoms in total. The van der Waals surface area contributed by atoms with Crippen LogP contribution in [-0.2, 0) is 14.8 Å². The summed E-state index contributed by atoms with van der Waals surface area (Å²) >= 11 is 0. The van der Waals surface area contributed by atoms with E-state index in [0.29, 0.717) is 11.5 Å². The minimum absolute atomic E-state index is 0.00303. The van der Waals surface area contributed by atoms with Crippen LogP contribution in [0.5, 0.6) is 11.5 Å². The molecule has 1 amide bonds. The second kappa shape index (κ2) is 9.76. The van der Waals surface area contributed by atoms with Crippen LogP contribution < -0.4 is 19.5 Å². The lowest BCUT2D eigenvalue weighted by molar-refractivity contribution is -0.121. The Kier molecular flexibility index (Phi) is 7.64. The Morgan fingerprint density at radius 3 is 2.38 bits per heavy atom. The zero-order valence-electron chi connectivity index (χ0n) is 17.4. The second-order valence-corrected chi connectivity index (χ2v) is 8.56. The van der Waals surface area contributed by atoms with Crippen LogP contribution in [0.3, 0.4) is 0 Å². The average Bonchev–Trinajstić information content (AvgIpc) is 2.69. The van der Waals surface area contributed by atoms with Crippen LogP contribution in [-0.4, -0.2) is 35.1 Å². The number of methoxy groups -OCH3 is 2. The number of sulfonamides is 1. The van der Waals surface area contributed by atoms with Gasteiger partial charge in [-0.1, -0.05) is 6.07 Å². The Hall–Kier alpha value is -2.58. The number of ether oxygens (including phenoxy) is 2. The maximum Gasteiger partial charge on any atom is 0.240 e. The quantitative estimate of drug-likeness (QED) is 0.651. The van der Waals surface area contributed by atoms with Crippen molar-refractivity contribution in [3.8, 4) is 11.5 Å². The molecular formula is C21H28N2O5S. The standard InChI is InChI=1S/C21H28N2O5S/c1-14-6-8-18(12-15(14)2)29(25,26)22-11-10-21(24)23-16(3)19-13-17(27-4)7-9-20(19)28-5/h6-9,12-13,16,22H,10-11H2,1-5H3,(H,23,24)/t16-/m1/s1. The Labute approximate surface area is 172 Å². The van der Waals surface area contributed by atoms with Crippen LogP contribution in [0.2, 0.25) is 0 Å². The van der Waals surface area contributed by atoms with Gasteiger partial charge in [-0.15, -0.1) is 0 Å². The first-order chi connectivity index (χ1) is 13.7. The highest BCUT2D eigenvalue weighted by Crippen LogP contribution is 2.29. The summed E-state index contributed by atoms with van der Waals surface area (Å²) in [6, 6.07) is 9.96. The Balaban J connectivity index is 1.95. The summed E-state index contributed by atoms with van der Waals surface area (Å²) in [5.74, 6) is 1.02. The molecule has 29 heavy (non-hydrogen) atoms. The summed E-state index contributed by atoms with van der Waals surface area (Å²) in [6.45, 7) is 5.61. The van der Waals surface area contributed by atoms with Gasteiger partial charge in [0, 0.05) is 18.5 Å². The van der Waals surface area contributed by atoms with Gasteiger partial charge in [0.2, 0.25) is 15.9 Å². The Morgan fingerprint density at radius 1 is 1.03 bits per heavy atom. The van der Waals surface area contributed by atoms with Gasteiger partial charge in [0.15, 0.2) is 0 Å². The van der Waals surface area contributed by atoms with Crippen LogP contribution >= 0.6 is 0 Å². The van der Waals surface area contributed by atoms with Gasteiger partial charge in [-0.25, -0.2) is 13.1 Å². The van der Waals surface area contributed by atoms with E-state index in [1.807, 2.05) is 20.8 Å². The van der Waals surface area contributed by atoms with Gasteiger partial charge in [-0.3, -0.25) is 4.79 Å². The minimum atomic E-state index is -3.66. The van der Waals surface area contributed by atoms with Gasteiger partial charge >= 0.3 is 0 Å². The van der Waals surface area contributed by atoms with Crippen molar-refractivity contribution < 1.29 is 22.7 Å². The number of carbonyl (C=O) groups excluding carboxylic acids is 1. The summed E-state index contributed by atoms with van der Waals surface area (Å²) < 4.78 is 37.8. The molecule has 8 heteroatoms. The lowest BCUT2D eigenvalue weighted by Crippen LogP contribution is -2.32. The fourth-order valence-corrected chi connectivity index (χ4v) is 3.95. The summed E-state index contributed by atoms with van der Waals surface area (Å²) in [4.78, 5) is 12.5. The first kappa shape index (κ1) is 22.7. The predicted molar refractivity (Wildman–Crippen MR) is 112 cm³/mol. The molecular weight excluding hydrogens is 392 g/mol. The molecule has 0 fully saturated rings. The Bertz CT molecular complexity index is 973. The molecule has 2 N–H and O–H groups in total. The van der Waals surface area contributed by atoms with Crippen molar-refractivity contribution in [1.82, 2.24) is 10.0 Å². The molecule has 158 valence electrons. The van der Waals surface area contributed by atoms with E-state index in [2.05, 4.69) is 10.0 Å². The average molecular weight is 421 g/mol.